The molecular formula is C27H44O3. The van der Waals surface area contributed by atoms with E-state index < -0.39 is 6.10 Å². The van der Waals surface area contributed by atoms with Gasteiger partial charge in [-0.25, -0.2) is 0 Å². The fourth-order valence-corrected chi connectivity index (χ4v) is 9.22. The number of hydrogen-bond donors (Lipinski definition) is 2. The molecule has 0 aromatic rings. The molecule has 0 aromatic heterocycles. The van der Waals surface area contributed by atoms with Gasteiger partial charge in [0.2, 0.25) is 0 Å². The molecule has 4 aliphatic carbocycles. The van der Waals surface area contributed by atoms with Gasteiger partial charge in [0.15, 0.2) is 0 Å². The molecule has 0 spiro atoms. The molecule has 4 fully saturated rings. The molecule has 5 aliphatic rings. The highest BCUT2D eigenvalue weighted by molar-refractivity contribution is 5.28. The van der Waals surface area contributed by atoms with Crippen molar-refractivity contribution in [1.29, 1.82) is 0 Å². The molecule has 3 saturated carbocycles. The van der Waals surface area contributed by atoms with E-state index >= 15 is 0 Å². The van der Waals surface area contributed by atoms with Crippen LogP contribution in [-0.2, 0) is 4.74 Å². The van der Waals surface area contributed by atoms with Gasteiger partial charge in [0.1, 0.15) is 0 Å². The number of hydrogen-bond acceptors (Lipinski definition) is 3. The molecule has 0 radical (unpaired) electrons. The van der Waals surface area contributed by atoms with Gasteiger partial charge in [-0.15, -0.1) is 0 Å². The Morgan fingerprint density at radius 1 is 1.17 bits per heavy atom. The van der Waals surface area contributed by atoms with Crippen molar-refractivity contribution in [2.24, 2.45) is 46.3 Å². The van der Waals surface area contributed by atoms with Crippen LogP contribution in [0, 0.1) is 46.3 Å². The zero-order chi connectivity index (χ0) is 21.4. The van der Waals surface area contributed by atoms with Crippen molar-refractivity contribution in [3.8, 4) is 0 Å². The summed E-state index contributed by atoms with van der Waals surface area (Å²) in [7, 11) is 0. The minimum atomic E-state index is -0.402. The normalized spacial score (nSPS) is 54.9. The molecular weight excluding hydrogens is 372 g/mol. The third kappa shape index (κ3) is 2.94. The lowest BCUT2D eigenvalue weighted by atomic mass is 9.46. The molecule has 0 bridgehead atoms. The van der Waals surface area contributed by atoms with Crippen molar-refractivity contribution in [3.05, 3.63) is 11.6 Å². The van der Waals surface area contributed by atoms with Crippen LogP contribution >= 0.6 is 0 Å². The molecule has 2 N–H and O–H groups in total. The first-order valence-electron chi connectivity index (χ1n) is 12.9. The maximum Gasteiger partial charge on any atom is 0.0658 e. The minimum Gasteiger partial charge on any atom is -0.393 e. The summed E-state index contributed by atoms with van der Waals surface area (Å²) in [4.78, 5) is 0. The van der Waals surface area contributed by atoms with Crippen LogP contribution in [0.4, 0.5) is 0 Å². The van der Waals surface area contributed by atoms with Crippen LogP contribution in [0.25, 0.3) is 0 Å². The van der Waals surface area contributed by atoms with Crippen LogP contribution in [0.1, 0.15) is 86.0 Å². The van der Waals surface area contributed by atoms with E-state index in [2.05, 4.69) is 40.7 Å². The lowest BCUT2D eigenvalue weighted by molar-refractivity contribution is -0.108. The van der Waals surface area contributed by atoms with Crippen molar-refractivity contribution in [2.75, 3.05) is 0 Å². The van der Waals surface area contributed by atoms with Crippen LogP contribution in [0.2, 0.25) is 0 Å². The molecule has 170 valence electrons. The summed E-state index contributed by atoms with van der Waals surface area (Å²) in [5, 5.41) is 21.3. The molecule has 5 rings (SSSR count). The van der Waals surface area contributed by atoms with Crippen LogP contribution in [0.5, 0.6) is 0 Å². The predicted octanol–water partition coefficient (Wildman–Crippen LogP) is 5.35. The smallest absolute Gasteiger partial charge is 0.0658 e. The Bertz CT molecular complexity index is 700. The first-order chi connectivity index (χ1) is 14.2. The average molecular weight is 417 g/mol. The van der Waals surface area contributed by atoms with Crippen LogP contribution < -0.4 is 0 Å². The van der Waals surface area contributed by atoms with E-state index in [9.17, 15) is 10.2 Å². The van der Waals surface area contributed by atoms with E-state index in [1.54, 1.807) is 0 Å². The molecule has 30 heavy (non-hydrogen) atoms. The zero-order valence-electron chi connectivity index (χ0n) is 19.8. The number of aliphatic hydroxyl groups excluding tert-OH is 2. The molecule has 0 aromatic carbocycles. The van der Waals surface area contributed by atoms with Crippen LogP contribution in [0.15, 0.2) is 11.6 Å². The van der Waals surface area contributed by atoms with E-state index in [0.29, 0.717) is 53.6 Å². The number of aliphatic hydroxyl groups is 2. The topological polar surface area (TPSA) is 49.7 Å². The highest BCUT2D eigenvalue weighted by Gasteiger charge is 2.65. The third-order valence-electron chi connectivity index (χ3n) is 10.8. The highest BCUT2D eigenvalue weighted by atomic mass is 16.5. The second-order valence-corrected chi connectivity index (χ2v) is 12.6. The summed E-state index contributed by atoms with van der Waals surface area (Å²) < 4.78 is 6.75. The summed E-state index contributed by atoms with van der Waals surface area (Å²) in [6, 6.07) is 0. The molecule has 1 aliphatic heterocycles. The Balaban J connectivity index is 1.39. The van der Waals surface area contributed by atoms with Gasteiger partial charge in [0, 0.05) is 11.8 Å². The second kappa shape index (κ2) is 7.32. The third-order valence-corrected chi connectivity index (χ3v) is 10.8. The van der Waals surface area contributed by atoms with Crippen LogP contribution in [0.3, 0.4) is 0 Å². The summed E-state index contributed by atoms with van der Waals surface area (Å²) in [6.45, 7) is 12.0. The van der Waals surface area contributed by atoms with Gasteiger partial charge in [0.05, 0.1) is 24.4 Å². The number of fused-ring (bicyclic) bond motifs is 7. The Kier molecular flexibility index (Phi) is 5.24. The number of allylic oxidation sites excluding steroid dienone is 1. The van der Waals surface area contributed by atoms with Crippen molar-refractivity contribution in [1.82, 2.24) is 0 Å². The number of rotatable bonds is 3. The standard InChI is InChI=1S/C27H44O3/c1-15(2)6-9-22-16(3)25-23(30-22)14-21-19-8-7-17-12-18(28)13-24(29)27(17,5)20(19)10-11-26(21,25)4/h7,15-16,18-25,28-29H,6,8-14H2,1-5H3/t16-,18?,19-,20+,21+,22?,23?,24?,25+,26+,27+/m1/s1. The van der Waals surface area contributed by atoms with Gasteiger partial charge >= 0.3 is 0 Å². The van der Waals surface area contributed by atoms with E-state index in [1.807, 2.05) is 0 Å². The Hall–Kier alpha value is -0.380. The van der Waals surface area contributed by atoms with Crippen LogP contribution in [-0.4, -0.2) is 34.6 Å². The monoisotopic (exact) mass is 416 g/mol. The summed E-state index contributed by atoms with van der Waals surface area (Å²) >= 11 is 0. The van der Waals surface area contributed by atoms with Gasteiger partial charge in [-0.1, -0.05) is 46.3 Å². The lowest BCUT2D eigenvalue weighted by Crippen LogP contribution is -2.55. The zero-order valence-corrected chi connectivity index (χ0v) is 19.8. The van der Waals surface area contributed by atoms with Crippen molar-refractivity contribution in [3.63, 3.8) is 0 Å². The molecule has 1 saturated heterocycles. The Labute approximate surface area is 183 Å². The van der Waals surface area contributed by atoms with Gasteiger partial charge in [-0.05, 0) is 85.9 Å². The lowest BCUT2D eigenvalue weighted by Gasteiger charge is -2.59. The van der Waals surface area contributed by atoms with E-state index in [-0.39, 0.29) is 11.5 Å². The Morgan fingerprint density at radius 2 is 1.93 bits per heavy atom. The molecule has 0 amide bonds. The van der Waals surface area contributed by atoms with Crippen molar-refractivity contribution in [2.45, 2.75) is 110 Å². The van der Waals surface area contributed by atoms with Crippen molar-refractivity contribution < 1.29 is 14.9 Å². The van der Waals surface area contributed by atoms with Gasteiger partial charge in [-0.2, -0.15) is 0 Å². The van der Waals surface area contributed by atoms with Gasteiger partial charge in [-0.3, -0.25) is 0 Å². The minimum absolute atomic E-state index is 0.131. The quantitative estimate of drug-likeness (QED) is 0.610. The maximum absolute atomic E-state index is 11.1. The van der Waals surface area contributed by atoms with Gasteiger partial charge in [0.25, 0.3) is 0 Å². The SMILES string of the molecule is CC(C)CCC1OC2C[C@H]3[C@@H]4CC=C5CC(O)CC(O)[C@]5(C)[C@H]4CC[C@]3(C)[C@H]2[C@@H]1C. The Morgan fingerprint density at radius 3 is 2.67 bits per heavy atom. The van der Waals surface area contributed by atoms with Gasteiger partial charge < -0.3 is 14.9 Å². The predicted molar refractivity (Wildman–Crippen MR) is 120 cm³/mol. The maximum atomic E-state index is 11.1. The highest BCUT2D eigenvalue weighted by Crippen LogP contribution is 2.69. The van der Waals surface area contributed by atoms with E-state index in [4.69, 9.17) is 4.74 Å². The molecule has 3 heteroatoms. The first-order valence-corrected chi connectivity index (χ1v) is 12.9. The average Bonchev–Trinajstić information content (AvgIpc) is 3.15. The van der Waals surface area contributed by atoms with Crippen molar-refractivity contribution >= 4 is 0 Å². The van der Waals surface area contributed by atoms with E-state index in [1.165, 1.54) is 37.7 Å². The molecule has 4 unspecified atom stereocenters. The molecule has 11 atom stereocenters. The number of ether oxygens (including phenoxy) is 1. The summed E-state index contributed by atoms with van der Waals surface area (Å²) in [5.41, 5.74) is 1.60. The second-order valence-electron chi connectivity index (χ2n) is 12.6. The fraction of sp³-hybridized carbons (Fsp3) is 0.926. The molecule has 1 heterocycles. The molecule has 3 nitrogen and oxygen atoms in total. The van der Waals surface area contributed by atoms with E-state index in [0.717, 1.165) is 18.8 Å². The first kappa shape index (κ1) is 21.5. The summed E-state index contributed by atoms with van der Waals surface area (Å²) in [5.74, 6) is 4.07. The summed E-state index contributed by atoms with van der Waals surface area (Å²) in [6.07, 6.45) is 11.2. The fourth-order valence-electron chi connectivity index (χ4n) is 9.22. The largest absolute Gasteiger partial charge is 0.393 e.